The number of aryl methyl sites for hydroxylation is 1. The maximum atomic E-state index is 11.0. The van der Waals surface area contributed by atoms with Crippen LogP contribution in [-0.2, 0) is 6.54 Å². The Morgan fingerprint density at radius 3 is 3.12 bits per heavy atom. The number of benzene rings is 1. The molecule has 1 aromatic carbocycles. The highest BCUT2D eigenvalue weighted by atomic mass is 16.4. The summed E-state index contributed by atoms with van der Waals surface area (Å²) in [6, 6.07) is 8.43. The number of hydrogen-bond donors (Lipinski definition) is 1. The maximum Gasteiger partial charge on any atom is 0.358 e. The lowest BCUT2D eigenvalue weighted by molar-refractivity contribution is 0.0690. The summed E-state index contributed by atoms with van der Waals surface area (Å²) in [6.07, 6.45) is 3.54. The van der Waals surface area contributed by atoms with Gasteiger partial charge in [-0.25, -0.2) is 9.48 Å². The van der Waals surface area contributed by atoms with E-state index >= 15 is 0 Å². The number of piperidine rings is 1. The van der Waals surface area contributed by atoms with Crippen molar-refractivity contribution in [1.82, 2.24) is 19.9 Å². The van der Waals surface area contributed by atoms with Crippen molar-refractivity contribution in [2.75, 3.05) is 13.1 Å². The van der Waals surface area contributed by atoms with Crippen LogP contribution in [0.2, 0.25) is 0 Å². The van der Waals surface area contributed by atoms with Crippen molar-refractivity contribution in [3.8, 4) is 0 Å². The third-order valence-corrected chi connectivity index (χ3v) is 4.73. The fraction of sp³-hybridized carbons (Fsp3) is 0.389. The van der Waals surface area contributed by atoms with Crippen molar-refractivity contribution in [2.24, 2.45) is 0 Å². The molecule has 1 atom stereocenters. The SMILES string of the molecule is Cc1cc2cccc(CN3CCCC(n4cc(C(=O)O)nn4)C3)c2o1. The lowest BCUT2D eigenvalue weighted by Crippen LogP contribution is -2.36. The molecule has 130 valence electrons. The highest BCUT2D eigenvalue weighted by Crippen LogP contribution is 2.27. The van der Waals surface area contributed by atoms with Gasteiger partial charge in [-0.15, -0.1) is 5.10 Å². The predicted octanol–water partition coefficient (Wildman–Crippen LogP) is 2.87. The van der Waals surface area contributed by atoms with Crippen molar-refractivity contribution in [2.45, 2.75) is 32.4 Å². The molecule has 1 unspecified atom stereocenters. The molecule has 1 aliphatic heterocycles. The molecular formula is C18H20N4O3. The third kappa shape index (κ3) is 3.15. The molecule has 7 nitrogen and oxygen atoms in total. The molecule has 1 N–H and O–H groups in total. The zero-order chi connectivity index (χ0) is 17.4. The van der Waals surface area contributed by atoms with Crippen LogP contribution in [-0.4, -0.2) is 44.1 Å². The highest BCUT2D eigenvalue weighted by molar-refractivity contribution is 5.84. The minimum atomic E-state index is -1.04. The number of carbonyl (C=O) groups is 1. The molecular weight excluding hydrogens is 320 g/mol. The summed E-state index contributed by atoms with van der Waals surface area (Å²) in [5.74, 6) is -0.124. The van der Waals surface area contributed by atoms with Gasteiger partial charge in [0.25, 0.3) is 0 Å². The molecule has 0 radical (unpaired) electrons. The van der Waals surface area contributed by atoms with Crippen LogP contribution in [0.15, 0.2) is 34.9 Å². The van der Waals surface area contributed by atoms with Gasteiger partial charge in [0.2, 0.25) is 0 Å². The normalized spacial score (nSPS) is 18.7. The minimum Gasteiger partial charge on any atom is -0.476 e. The lowest BCUT2D eigenvalue weighted by atomic mass is 10.0. The predicted molar refractivity (Wildman–Crippen MR) is 91.5 cm³/mol. The Hall–Kier alpha value is -2.67. The number of furan rings is 1. The van der Waals surface area contributed by atoms with E-state index in [1.54, 1.807) is 4.68 Å². The van der Waals surface area contributed by atoms with E-state index in [-0.39, 0.29) is 11.7 Å². The van der Waals surface area contributed by atoms with Crippen LogP contribution in [0, 0.1) is 6.92 Å². The summed E-state index contributed by atoms with van der Waals surface area (Å²) in [6.45, 7) is 4.60. The van der Waals surface area contributed by atoms with E-state index in [9.17, 15) is 4.79 Å². The quantitative estimate of drug-likeness (QED) is 0.786. The third-order valence-electron chi connectivity index (χ3n) is 4.73. The topological polar surface area (TPSA) is 84.4 Å². The number of aromatic carboxylic acids is 1. The van der Waals surface area contributed by atoms with Gasteiger partial charge >= 0.3 is 5.97 Å². The monoisotopic (exact) mass is 340 g/mol. The average molecular weight is 340 g/mol. The van der Waals surface area contributed by atoms with E-state index in [0.717, 1.165) is 49.2 Å². The van der Waals surface area contributed by atoms with Gasteiger partial charge in [0.15, 0.2) is 5.69 Å². The summed E-state index contributed by atoms with van der Waals surface area (Å²) in [4.78, 5) is 13.4. The first-order valence-electron chi connectivity index (χ1n) is 8.45. The number of carboxylic acids is 1. The Kier molecular flexibility index (Phi) is 4.01. The Bertz CT molecular complexity index is 914. The molecule has 2 aromatic heterocycles. The molecule has 0 saturated carbocycles. The molecule has 0 bridgehead atoms. The number of para-hydroxylation sites is 1. The van der Waals surface area contributed by atoms with E-state index in [2.05, 4.69) is 39.5 Å². The smallest absolute Gasteiger partial charge is 0.358 e. The molecule has 0 aliphatic carbocycles. The highest BCUT2D eigenvalue weighted by Gasteiger charge is 2.24. The fourth-order valence-corrected chi connectivity index (χ4v) is 3.56. The molecule has 1 aliphatic rings. The van der Waals surface area contributed by atoms with Crippen LogP contribution < -0.4 is 0 Å². The Morgan fingerprint density at radius 2 is 2.32 bits per heavy atom. The molecule has 7 heteroatoms. The van der Waals surface area contributed by atoms with Gasteiger partial charge in [-0.3, -0.25) is 4.90 Å². The van der Waals surface area contributed by atoms with Crippen LogP contribution >= 0.6 is 0 Å². The Morgan fingerprint density at radius 1 is 1.44 bits per heavy atom. The van der Waals surface area contributed by atoms with Gasteiger partial charge in [0, 0.05) is 24.0 Å². The zero-order valence-electron chi connectivity index (χ0n) is 14.1. The van der Waals surface area contributed by atoms with Gasteiger partial charge in [-0.2, -0.15) is 0 Å². The van der Waals surface area contributed by atoms with Crippen molar-refractivity contribution in [1.29, 1.82) is 0 Å². The molecule has 4 rings (SSSR count). The largest absolute Gasteiger partial charge is 0.476 e. The van der Waals surface area contributed by atoms with Crippen LogP contribution in [0.3, 0.4) is 0 Å². The van der Waals surface area contributed by atoms with Gasteiger partial charge in [-0.1, -0.05) is 23.4 Å². The van der Waals surface area contributed by atoms with Crippen molar-refractivity contribution in [3.05, 3.63) is 47.5 Å². The van der Waals surface area contributed by atoms with E-state index in [1.165, 1.54) is 11.8 Å². The second kappa shape index (κ2) is 6.33. The Labute approximate surface area is 144 Å². The van der Waals surface area contributed by atoms with Gasteiger partial charge in [-0.05, 0) is 32.4 Å². The van der Waals surface area contributed by atoms with E-state index < -0.39 is 5.97 Å². The molecule has 25 heavy (non-hydrogen) atoms. The van der Waals surface area contributed by atoms with Crippen molar-refractivity contribution < 1.29 is 14.3 Å². The number of carboxylic acid groups (broad SMARTS) is 1. The molecule has 1 saturated heterocycles. The van der Waals surface area contributed by atoms with E-state index in [1.807, 2.05) is 6.92 Å². The summed E-state index contributed by atoms with van der Waals surface area (Å²) in [5.41, 5.74) is 2.13. The van der Waals surface area contributed by atoms with Crippen molar-refractivity contribution >= 4 is 16.9 Å². The maximum absolute atomic E-state index is 11.0. The molecule has 0 spiro atoms. The summed E-state index contributed by atoms with van der Waals surface area (Å²) >= 11 is 0. The number of rotatable bonds is 4. The van der Waals surface area contributed by atoms with Gasteiger partial charge in [0.1, 0.15) is 11.3 Å². The number of hydrogen-bond acceptors (Lipinski definition) is 5. The lowest BCUT2D eigenvalue weighted by Gasteiger charge is -2.32. The second-order valence-electron chi connectivity index (χ2n) is 6.61. The van der Waals surface area contributed by atoms with Crippen LogP contribution in [0.5, 0.6) is 0 Å². The first kappa shape index (κ1) is 15.8. The first-order chi connectivity index (χ1) is 12.1. The Balaban J connectivity index is 1.51. The molecule has 3 aromatic rings. The summed E-state index contributed by atoms with van der Waals surface area (Å²) in [5, 5.41) is 17.9. The first-order valence-corrected chi connectivity index (χ1v) is 8.45. The van der Waals surface area contributed by atoms with Crippen molar-refractivity contribution in [3.63, 3.8) is 0 Å². The zero-order valence-corrected chi connectivity index (χ0v) is 14.1. The molecule has 1 fully saturated rings. The summed E-state index contributed by atoms with van der Waals surface area (Å²) < 4.78 is 7.55. The van der Waals surface area contributed by atoms with E-state index in [0.29, 0.717) is 0 Å². The van der Waals surface area contributed by atoms with Gasteiger partial charge in [0.05, 0.1) is 12.2 Å². The average Bonchev–Trinajstić information content (AvgIpc) is 3.22. The van der Waals surface area contributed by atoms with Crippen LogP contribution in [0.1, 0.15) is 40.7 Å². The molecule has 3 heterocycles. The minimum absolute atomic E-state index is 0.00653. The van der Waals surface area contributed by atoms with E-state index in [4.69, 9.17) is 9.52 Å². The van der Waals surface area contributed by atoms with Crippen LogP contribution in [0.4, 0.5) is 0 Å². The number of aromatic nitrogens is 3. The standard InChI is InChI=1S/C18H20N4O3/c1-12-8-13-4-2-5-14(17(13)25-12)9-21-7-3-6-15(10-21)22-11-16(18(23)24)19-20-22/h2,4-5,8,11,15H,3,6-7,9-10H2,1H3,(H,23,24). The molecule has 0 amide bonds. The number of fused-ring (bicyclic) bond motifs is 1. The number of nitrogens with zero attached hydrogens (tertiary/aromatic N) is 4. The van der Waals surface area contributed by atoms with Gasteiger partial charge < -0.3 is 9.52 Å². The fourth-order valence-electron chi connectivity index (χ4n) is 3.56. The summed E-state index contributed by atoms with van der Waals surface area (Å²) in [7, 11) is 0. The second-order valence-corrected chi connectivity index (χ2v) is 6.61. The van der Waals surface area contributed by atoms with Crippen LogP contribution in [0.25, 0.3) is 11.0 Å². The number of likely N-dealkylation sites (tertiary alicyclic amines) is 1.